The molecule has 11 heteroatoms. The number of likely N-dealkylation sites (tertiary alicyclic amines) is 2. The Morgan fingerprint density at radius 3 is 2.02 bits per heavy atom. The van der Waals surface area contributed by atoms with Crippen LogP contribution in [0.1, 0.15) is 132 Å². The van der Waals surface area contributed by atoms with Crippen LogP contribution in [0, 0.1) is 33.5 Å². The van der Waals surface area contributed by atoms with Crippen LogP contribution in [0.2, 0.25) is 0 Å². The lowest BCUT2D eigenvalue weighted by molar-refractivity contribution is -0.147. The lowest BCUT2D eigenvalue weighted by Crippen LogP contribution is -2.63. The Kier molecular flexibility index (Phi) is 10.2. The average molecular weight is 724 g/mol. The van der Waals surface area contributed by atoms with Crippen LogP contribution in [0.4, 0.5) is 0 Å². The second kappa shape index (κ2) is 13.7. The Hall–Kier alpha value is -2.95. The molecule has 6 aliphatic rings. The molecule has 6 rings (SSSR count). The number of piperidine rings is 1. The Labute approximate surface area is 310 Å². The highest BCUT2D eigenvalue weighted by Crippen LogP contribution is 2.88. The summed E-state index contributed by atoms with van der Waals surface area (Å²) in [5.74, 6) is -2.77. The molecule has 2 spiro atoms. The Bertz CT molecular complexity index is 1460. The van der Waals surface area contributed by atoms with Crippen LogP contribution < -0.4 is 16.0 Å². The molecule has 0 aromatic rings. The number of hydrogen-bond acceptors (Lipinski definition) is 6. The molecule has 0 unspecified atom stereocenters. The lowest BCUT2D eigenvalue weighted by atomic mass is 9.73. The van der Waals surface area contributed by atoms with E-state index in [9.17, 15) is 24.3 Å². The van der Waals surface area contributed by atoms with E-state index in [4.69, 9.17) is 0 Å². The van der Waals surface area contributed by atoms with E-state index in [0.29, 0.717) is 13.0 Å². The maximum Gasteiger partial charge on any atom is 0.330 e. The van der Waals surface area contributed by atoms with Gasteiger partial charge in [-0.05, 0) is 93.9 Å². The van der Waals surface area contributed by atoms with Crippen molar-refractivity contribution in [1.29, 1.82) is 0 Å². The first-order valence-corrected chi connectivity index (χ1v) is 20.2. The molecule has 0 aromatic carbocycles. The summed E-state index contributed by atoms with van der Waals surface area (Å²) >= 11 is 0. The highest BCUT2D eigenvalue weighted by Gasteiger charge is 2.85. The van der Waals surface area contributed by atoms with Crippen LogP contribution in [0.5, 0.6) is 0 Å². The first-order valence-electron chi connectivity index (χ1n) is 20.2. The summed E-state index contributed by atoms with van der Waals surface area (Å²) in [6.45, 7) is 19.5. The first-order chi connectivity index (χ1) is 24.4. The number of nitrogens with one attached hydrogen (secondary N) is 3. The number of amides is 4. The van der Waals surface area contributed by atoms with Gasteiger partial charge in [-0.2, -0.15) is 0 Å². The van der Waals surface area contributed by atoms with Crippen molar-refractivity contribution in [1.82, 2.24) is 25.8 Å². The number of nitrogens with zero attached hydrogens (tertiary/aromatic N) is 2. The van der Waals surface area contributed by atoms with Crippen LogP contribution in [0.25, 0.3) is 0 Å². The molecule has 2 heterocycles. The molecule has 0 radical (unpaired) electrons. The molecule has 4 aliphatic carbocycles. The van der Waals surface area contributed by atoms with Gasteiger partial charge in [0.05, 0.1) is 6.04 Å². The monoisotopic (exact) mass is 723 g/mol. The summed E-state index contributed by atoms with van der Waals surface area (Å²) in [6.07, 6.45) is 13.0. The highest BCUT2D eigenvalue weighted by atomic mass is 16.4. The van der Waals surface area contributed by atoms with Crippen LogP contribution in [-0.4, -0.2) is 93.3 Å². The lowest BCUT2D eigenvalue weighted by Gasteiger charge is -2.40. The average Bonchev–Trinajstić information content (AvgIpc) is 3.80. The van der Waals surface area contributed by atoms with E-state index in [-0.39, 0.29) is 64.3 Å². The van der Waals surface area contributed by atoms with Gasteiger partial charge in [-0.25, -0.2) is 4.79 Å². The van der Waals surface area contributed by atoms with E-state index in [1.54, 1.807) is 11.0 Å². The van der Waals surface area contributed by atoms with E-state index < -0.39 is 41.0 Å². The fraction of sp³-hybridized carbons (Fsp3) is 0.829. The molecule has 6 fully saturated rings. The predicted molar refractivity (Wildman–Crippen MR) is 199 cm³/mol. The van der Waals surface area contributed by atoms with Gasteiger partial charge in [-0.15, -0.1) is 6.58 Å². The van der Waals surface area contributed by atoms with Gasteiger partial charge in [0.1, 0.15) is 23.7 Å². The summed E-state index contributed by atoms with van der Waals surface area (Å²) in [7, 11) is 0. The van der Waals surface area contributed by atoms with Gasteiger partial charge in [-0.1, -0.05) is 72.8 Å². The molecule has 4 N–H and O–H groups in total. The number of rotatable bonds is 11. The van der Waals surface area contributed by atoms with Crippen molar-refractivity contribution in [3.63, 3.8) is 0 Å². The number of carboxylic acid groups (broad SMARTS) is 1. The van der Waals surface area contributed by atoms with Crippen molar-refractivity contribution in [2.75, 3.05) is 13.1 Å². The van der Waals surface area contributed by atoms with Crippen molar-refractivity contribution in [2.45, 2.75) is 168 Å². The summed E-state index contributed by atoms with van der Waals surface area (Å²) in [5.41, 5.74) is -2.44. The molecular weight excluding hydrogens is 658 g/mol. The Balaban J connectivity index is 1.27. The zero-order valence-electron chi connectivity index (χ0n) is 32.8. The van der Waals surface area contributed by atoms with Crippen molar-refractivity contribution in [3.8, 4) is 0 Å². The van der Waals surface area contributed by atoms with Gasteiger partial charge in [0.15, 0.2) is 0 Å². The van der Waals surface area contributed by atoms with Crippen molar-refractivity contribution in [2.24, 2.45) is 33.5 Å². The summed E-state index contributed by atoms with van der Waals surface area (Å²) in [6, 6.07) is -2.69. The summed E-state index contributed by atoms with van der Waals surface area (Å²) < 4.78 is 0. The molecule has 4 amide bonds. The molecule has 11 nitrogen and oxygen atoms in total. The van der Waals surface area contributed by atoms with Crippen molar-refractivity contribution >= 4 is 29.6 Å². The van der Waals surface area contributed by atoms with Gasteiger partial charge in [0.2, 0.25) is 23.6 Å². The van der Waals surface area contributed by atoms with Crippen LogP contribution in [0.3, 0.4) is 0 Å². The molecule has 0 bridgehead atoms. The van der Waals surface area contributed by atoms with E-state index in [1.807, 2.05) is 20.8 Å². The molecular formula is C41H65N5O6. The highest BCUT2D eigenvalue weighted by molar-refractivity contribution is 5.98. The fourth-order valence-electron chi connectivity index (χ4n) is 11.4. The maximum atomic E-state index is 15.0. The van der Waals surface area contributed by atoms with E-state index in [1.165, 1.54) is 0 Å². The second-order valence-corrected chi connectivity index (χ2v) is 19.2. The summed E-state index contributed by atoms with van der Waals surface area (Å²) in [5, 5.41) is 19.3. The quantitative estimate of drug-likeness (QED) is 0.224. The van der Waals surface area contributed by atoms with Crippen molar-refractivity contribution in [3.05, 3.63) is 12.7 Å². The molecule has 4 saturated carbocycles. The Morgan fingerprint density at radius 2 is 1.50 bits per heavy atom. The van der Waals surface area contributed by atoms with Crippen LogP contribution >= 0.6 is 0 Å². The van der Waals surface area contributed by atoms with Gasteiger partial charge < -0.3 is 26.0 Å². The zero-order valence-corrected chi connectivity index (χ0v) is 32.8. The third-order valence-corrected chi connectivity index (χ3v) is 15.0. The number of aliphatic carboxylic acids is 1. The number of fused-ring (bicyclic) bond motifs is 1. The third-order valence-electron chi connectivity index (χ3n) is 15.0. The standard InChI is InChI=1S/C41H65N5O6/c1-9-27-22-41(27,36(51)52)44-33(48)29-23-40(38(7,8)39(40)19-15-20-39)24-46(29)35(50)31(37(4,5)6)43-34(49)30(26-16-11-10-12-17-26)42-32(47)28-18-13-14-21-45(28)25(2)3/h9,25-31H,1,10-24H2,2-8H3,(H,42,47)(H,43,49)(H,44,48)(H,51,52)/t27-,28+,29+,30+,31-,40-,41-/m1/s1. The van der Waals surface area contributed by atoms with Gasteiger partial charge in [0.25, 0.3) is 0 Å². The number of carbonyl (C=O) groups excluding carboxylic acids is 4. The minimum atomic E-state index is -1.41. The second-order valence-electron chi connectivity index (χ2n) is 19.2. The minimum Gasteiger partial charge on any atom is -0.479 e. The molecule has 7 atom stereocenters. The maximum absolute atomic E-state index is 15.0. The van der Waals surface area contributed by atoms with E-state index in [2.05, 4.69) is 55.1 Å². The largest absolute Gasteiger partial charge is 0.479 e. The molecule has 2 aliphatic heterocycles. The topological polar surface area (TPSA) is 148 Å². The van der Waals surface area contributed by atoms with Gasteiger partial charge >= 0.3 is 5.97 Å². The van der Waals surface area contributed by atoms with Crippen molar-refractivity contribution < 1.29 is 29.1 Å². The molecule has 2 saturated heterocycles. The molecule has 290 valence electrons. The van der Waals surface area contributed by atoms with Gasteiger partial charge in [-0.3, -0.25) is 24.1 Å². The molecule has 0 aromatic heterocycles. The molecule has 52 heavy (non-hydrogen) atoms. The summed E-state index contributed by atoms with van der Waals surface area (Å²) in [4.78, 5) is 74.0. The smallest absolute Gasteiger partial charge is 0.330 e. The van der Waals surface area contributed by atoms with Crippen LogP contribution in [0.15, 0.2) is 12.7 Å². The first kappa shape index (κ1) is 38.8. The normalized spacial score (nSPS) is 33.5. The number of carbonyl (C=O) groups is 5. The third kappa shape index (κ3) is 6.18. The minimum absolute atomic E-state index is 0.0348. The predicted octanol–water partition coefficient (Wildman–Crippen LogP) is 4.79. The van der Waals surface area contributed by atoms with E-state index in [0.717, 1.165) is 77.2 Å². The van der Waals surface area contributed by atoms with Gasteiger partial charge in [0, 0.05) is 23.9 Å². The number of carboxylic acids is 1. The zero-order chi connectivity index (χ0) is 38.0. The van der Waals surface area contributed by atoms with Crippen LogP contribution in [-0.2, 0) is 24.0 Å². The van der Waals surface area contributed by atoms with E-state index >= 15 is 4.79 Å². The Morgan fingerprint density at radius 1 is 0.846 bits per heavy atom. The SMILES string of the molecule is C=C[C@@H]1C[C@]1(NC(=O)[C@@H]1C[C@@]2(CN1C(=O)[C@@H](NC(=O)[C@@H](NC(=O)[C@@H]1CCCCN1C(C)C)C1CCCCC1)C(C)(C)C)C(C)(C)C21CCC1)C(=O)O. The number of hydrogen-bond donors (Lipinski definition) is 4. The fourth-order valence-corrected chi connectivity index (χ4v) is 11.4.